The number of rotatable bonds is 5. The first-order valence-electron chi connectivity index (χ1n) is 7.52. The van der Waals surface area contributed by atoms with Crippen LogP contribution < -0.4 is 10.5 Å². The Morgan fingerprint density at radius 3 is 2.35 bits per heavy atom. The Morgan fingerprint density at radius 2 is 1.61 bits per heavy atom. The molecule has 2 N–H and O–H groups in total. The van der Waals surface area contributed by atoms with Crippen molar-refractivity contribution in [3.63, 3.8) is 0 Å². The zero-order valence-electron chi connectivity index (χ0n) is 12.7. The van der Waals surface area contributed by atoms with Gasteiger partial charge in [-0.1, -0.05) is 60.1 Å². The average molecular weight is 324 g/mol. The fourth-order valence-electron chi connectivity index (χ4n) is 2.46. The monoisotopic (exact) mass is 323 g/mol. The predicted molar refractivity (Wildman–Crippen MR) is 95.6 cm³/mol. The van der Waals surface area contributed by atoms with Crippen molar-refractivity contribution in [2.75, 3.05) is 0 Å². The second kappa shape index (κ2) is 7.32. The van der Waals surface area contributed by atoms with Crippen LogP contribution in [-0.2, 0) is 13.2 Å². The van der Waals surface area contributed by atoms with Gasteiger partial charge in [-0.2, -0.15) is 0 Å². The Hall–Kier alpha value is -2.29. The molecule has 3 heteroatoms. The van der Waals surface area contributed by atoms with E-state index >= 15 is 0 Å². The molecular formula is C20H18ClNO. The lowest BCUT2D eigenvalue weighted by Gasteiger charge is -2.12. The van der Waals surface area contributed by atoms with Crippen molar-refractivity contribution in [2.45, 2.75) is 13.2 Å². The topological polar surface area (TPSA) is 35.2 Å². The smallest absolute Gasteiger partial charge is 0.124 e. The van der Waals surface area contributed by atoms with Gasteiger partial charge in [0.15, 0.2) is 0 Å². The minimum atomic E-state index is 0.429. The molecule has 0 aliphatic carbocycles. The highest BCUT2D eigenvalue weighted by Gasteiger charge is 2.06. The summed E-state index contributed by atoms with van der Waals surface area (Å²) in [5, 5.41) is 0.723. The van der Waals surface area contributed by atoms with E-state index in [9.17, 15) is 0 Å². The van der Waals surface area contributed by atoms with Crippen LogP contribution in [-0.4, -0.2) is 0 Å². The molecule has 3 rings (SSSR count). The Morgan fingerprint density at radius 1 is 0.826 bits per heavy atom. The van der Waals surface area contributed by atoms with Gasteiger partial charge >= 0.3 is 0 Å². The van der Waals surface area contributed by atoms with Gasteiger partial charge in [-0.25, -0.2) is 0 Å². The van der Waals surface area contributed by atoms with Crippen molar-refractivity contribution < 1.29 is 4.74 Å². The molecule has 0 aliphatic rings. The minimum absolute atomic E-state index is 0.429. The van der Waals surface area contributed by atoms with Gasteiger partial charge < -0.3 is 10.5 Å². The third-order valence-corrected chi connectivity index (χ3v) is 3.91. The van der Waals surface area contributed by atoms with Crippen LogP contribution in [0.1, 0.15) is 11.1 Å². The maximum absolute atomic E-state index is 6.07. The molecule has 0 aromatic heterocycles. The van der Waals surface area contributed by atoms with Gasteiger partial charge in [0.05, 0.1) is 0 Å². The molecule has 0 amide bonds. The van der Waals surface area contributed by atoms with Crippen LogP contribution in [0.5, 0.6) is 5.75 Å². The molecule has 0 fully saturated rings. The highest BCUT2D eigenvalue weighted by molar-refractivity contribution is 6.30. The van der Waals surface area contributed by atoms with Gasteiger partial charge in [0, 0.05) is 17.1 Å². The molecule has 3 aromatic carbocycles. The Labute approximate surface area is 141 Å². The maximum Gasteiger partial charge on any atom is 0.124 e. The zero-order valence-corrected chi connectivity index (χ0v) is 13.5. The molecule has 0 saturated carbocycles. The van der Waals surface area contributed by atoms with Crippen LogP contribution in [0.3, 0.4) is 0 Å². The van der Waals surface area contributed by atoms with Gasteiger partial charge in [0.1, 0.15) is 12.4 Å². The largest absolute Gasteiger partial charge is 0.489 e. The zero-order chi connectivity index (χ0) is 16.1. The second-order valence-electron chi connectivity index (χ2n) is 5.31. The number of halogens is 1. The fraction of sp³-hybridized carbons (Fsp3) is 0.100. The maximum atomic E-state index is 6.07. The number of nitrogens with two attached hydrogens (primary N) is 1. The Kier molecular flexibility index (Phi) is 4.96. The number of ether oxygens (including phenoxy) is 1. The first-order chi connectivity index (χ1) is 11.3. The van der Waals surface area contributed by atoms with Crippen LogP contribution in [0.4, 0.5) is 0 Å². The molecule has 0 saturated heterocycles. The number of benzene rings is 3. The molecular weight excluding hydrogens is 306 g/mol. The first kappa shape index (κ1) is 15.6. The van der Waals surface area contributed by atoms with Crippen molar-refractivity contribution in [1.82, 2.24) is 0 Å². The van der Waals surface area contributed by atoms with Crippen molar-refractivity contribution in [3.05, 3.63) is 88.9 Å². The van der Waals surface area contributed by atoms with E-state index in [4.69, 9.17) is 22.1 Å². The van der Waals surface area contributed by atoms with Crippen molar-refractivity contribution in [1.29, 1.82) is 0 Å². The summed E-state index contributed by atoms with van der Waals surface area (Å²) < 4.78 is 5.92. The fourth-order valence-corrected chi connectivity index (χ4v) is 2.65. The van der Waals surface area contributed by atoms with E-state index in [1.54, 1.807) is 0 Å². The van der Waals surface area contributed by atoms with Gasteiger partial charge in [-0.3, -0.25) is 0 Å². The van der Waals surface area contributed by atoms with Gasteiger partial charge in [-0.15, -0.1) is 0 Å². The molecule has 0 spiro atoms. The summed E-state index contributed by atoms with van der Waals surface area (Å²) in [5.74, 6) is 0.821. The lowest BCUT2D eigenvalue weighted by atomic mass is 10.0. The van der Waals surface area contributed by atoms with Crippen LogP contribution in [0, 0.1) is 0 Å². The van der Waals surface area contributed by atoms with E-state index in [2.05, 4.69) is 6.07 Å². The highest BCUT2D eigenvalue weighted by Crippen LogP contribution is 2.28. The van der Waals surface area contributed by atoms with E-state index in [0.717, 1.165) is 33.0 Å². The van der Waals surface area contributed by atoms with Crippen molar-refractivity contribution in [2.24, 2.45) is 5.73 Å². The summed E-state index contributed by atoms with van der Waals surface area (Å²) in [5.41, 5.74) is 10.2. The standard InChI is InChI=1S/C20H18ClNO/c21-19-8-4-7-16(12-19)17-9-10-20(18(11-17)13-22)23-14-15-5-2-1-3-6-15/h1-12H,13-14,22H2. The van der Waals surface area contributed by atoms with Crippen LogP contribution in [0.25, 0.3) is 11.1 Å². The highest BCUT2D eigenvalue weighted by atomic mass is 35.5. The van der Waals surface area contributed by atoms with E-state index in [1.165, 1.54) is 0 Å². The molecule has 2 nitrogen and oxygen atoms in total. The molecule has 23 heavy (non-hydrogen) atoms. The quantitative estimate of drug-likeness (QED) is 0.713. The molecule has 0 unspecified atom stereocenters. The average Bonchev–Trinajstić information content (AvgIpc) is 2.60. The Bertz CT molecular complexity index is 787. The molecule has 0 aliphatic heterocycles. The summed E-state index contributed by atoms with van der Waals surface area (Å²) in [6.07, 6.45) is 0. The number of hydrogen-bond acceptors (Lipinski definition) is 2. The summed E-state index contributed by atoms with van der Waals surface area (Å²) in [4.78, 5) is 0. The molecule has 0 bridgehead atoms. The SMILES string of the molecule is NCc1cc(-c2cccc(Cl)c2)ccc1OCc1ccccc1. The first-order valence-corrected chi connectivity index (χ1v) is 7.90. The summed E-state index contributed by atoms with van der Waals surface area (Å²) >= 11 is 6.07. The van der Waals surface area contributed by atoms with Gasteiger partial charge in [0.25, 0.3) is 0 Å². The third kappa shape index (κ3) is 3.92. The lowest BCUT2D eigenvalue weighted by Crippen LogP contribution is -2.03. The van der Waals surface area contributed by atoms with E-state index in [-0.39, 0.29) is 0 Å². The number of hydrogen-bond donors (Lipinski definition) is 1. The third-order valence-electron chi connectivity index (χ3n) is 3.68. The van der Waals surface area contributed by atoms with Crippen LogP contribution >= 0.6 is 11.6 Å². The lowest BCUT2D eigenvalue weighted by molar-refractivity contribution is 0.303. The molecule has 3 aromatic rings. The van der Waals surface area contributed by atoms with Crippen LogP contribution in [0.15, 0.2) is 72.8 Å². The van der Waals surface area contributed by atoms with E-state index in [0.29, 0.717) is 13.2 Å². The molecule has 0 heterocycles. The summed E-state index contributed by atoms with van der Waals surface area (Å²) in [6.45, 7) is 0.961. The van der Waals surface area contributed by atoms with Gasteiger partial charge in [-0.05, 0) is 41.0 Å². The molecule has 0 atom stereocenters. The van der Waals surface area contributed by atoms with E-state index < -0.39 is 0 Å². The van der Waals surface area contributed by atoms with E-state index in [1.807, 2.05) is 66.7 Å². The molecule has 116 valence electrons. The van der Waals surface area contributed by atoms with Crippen molar-refractivity contribution >= 4 is 11.6 Å². The predicted octanol–water partition coefficient (Wildman–Crippen LogP) is 5.04. The normalized spacial score (nSPS) is 10.5. The molecule has 0 radical (unpaired) electrons. The summed E-state index contributed by atoms with van der Waals surface area (Å²) in [6, 6.07) is 24.0. The van der Waals surface area contributed by atoms with Crippen molar-refractivity contribution in [3.8, 4) is 16.9 Å². The summed E-state index contributed by atoms with van der Waals surface area (Å²) in [7, 11) is 0. The second-order valence-corrected chi connectivity index (χ2v) is 5.75. The van der Waals surface area contributed by atoms with Gasteiger partial charge in [0.2, 0.25) is 0 Å². The van der Waals surface area contributed by atoms with Crippen LogP contribution in [0.2, 0.25) is 5.02 Å². The minimum Gasteiger partial charge on any atom is -0.489 e. The Balaban J connectivity index is 1.82.